The van der Waals surface area contributed by atoms with Crippen molar-refractivity contribution < 1.29 is 32.5 Å². The fraction of sp³-hybridized carbons (Fsp3) is 0.500. The molecule has 0 saturated carbocycles. The molecule has 1 atom stereocenters. The van der Waals surface area contributed by atoms with E-state index >= 15 is 0 Å². The second kappa shape index (κ2) is 13.6. The highest BCUT2D eigenvalue weighted by Gasteiger charge is 2.39. The lowest BCUT2D eigenvalue weighted by molar-refractivity contribution is -0.116. The van der Waals surface area contributed by atoms with Gasteiger partial charge in [0.05, 0.1) is 32.0 Å². The minimum absolute atomic E-state index is 0.102. The van der Waals surface area contributed by atoms with Gasteiger partial charge >= 0.3 is 6.18 Å². The van der Waals surface area contributed by atoms with Crippen molar-refractivity contribution in [3.05, 3.63) is 47.5 Å². The number of hydrogen-bond acceptors (Lipinski definition) is 6. The third-order valence-electron chi connectivity index (χ3n) is 6.47. The lowest BCUT2D eigenvalue weighted by Crippen LogP contribution is -2.37. The van der Waals surface area contributed by atoms with Crippen molar-refractivity contribution >= 4 is 27.8 Å². The van der Waals surface area contributed by atoms with Gasteiger partial charge in [-0.05, 0) is 67.1 Å². The summed E-state index contributed by atoms with van der Waals surface area (Å²) >= 11 is 0. The molecule has 1 heterocycles. The van der Waals surface area contributed by atoms with Gasteiger partial charge in [-0.2, -0.15) is 18.4 Å². The van der Waals surface area contributed by atoms with Crippen molar-refractivity contribution in [3.8, 4) is 6.07 Å². The van der Waals surface area contributed by atoms with Crippen molar-refractivity contribution in [2.75, 3.05) is 44.5 Å². The molecule has 2 aromatic carbocycles. The molecule has 200 valence electrons. The first-order valence-electron chi connectivity index (χ1n) is 12.6. The van der Waals surface area contributed by atoms with E-state index in [2.05, 4.69) is 11.8 Å². The highest BCUT2D eigenvalue weighted by atomic mass is 19.4. The molecule has 0 amide bonds. The molecule has 0 aromatic heterocycles. The van der Waals surface area contributed by atoms with Crippen LogP contribution in [-0.4, -0.2) is 62.7 Å². The minimum atomic E-state index is -4.88. The molecule has 1 fully saturated rings. The highest BCUT2D eigenvalue weighted by Crippen LogP contribution is 2.38. The second-order valence-electron chi connectivity index (χ2n) is 9.12. The predicted octanol–water partition coefficient (Wildman–Crippen LogP) is 5.43. The Bertz CT molecular complexity index is 1140. The number of nitriles is 1. The molecule has 0 spiro atoms. The summed E-state index contributed by atoms with van der Waals surface area (Å²) in [5.74, 6) is -0.871. The quantitative estimate of drug-likeness (QED) is 0.229. The van der Waals surface area contributed by atoms with E-state index < -0.39 is 23.1 Å². The Hall–Kier alpha value is -2.93. The molecule has 0 bridgehead atoms. The van der Waals surface area contributed by atoms with Gasteiger partial charge in [-0.3, -0.25) is 4.79 Å². The maximum absolute atomic E-state index is 14.1. The fourth-order valence-corrected chi connectivity index (χ4v) is 4.60. The monoisotopic (exact) mass is 518 g/mol. The maximum atomic E-state index is 14.1. The first-order valence-corrected chi connectivity index (χ1v) is 12.6. The zero-order chi connectivity index (χ0) is 26.8. The van der Waals surface area contributed by atoms with Gasteiger partial charge in [0.1, 0.15) is 11.6 Å². The number of carbonyl (C=O) groups is 1. The summed E-state index contributed by atoms with van der Waals surface area (Å²) in [6, 6.07) is 11.9. The Morgan fingerprint density at radius 1 is 1.08 bits per heavy atom. The van der Waals surface area contributed by atoms with Gasteiger partial charge < -0.3 is 19.5 Å². The third kappa shape index (κ3) is 7.78. The van der Waals surface area contributed by atoms with Gasteiger partial charge in [0.2, 0.25) is 0 Å². The summed E-state index contributed by atoms with van der Waals surface area (Å²) in [7, 11) is 0. The fourth-order valence-electron chi connectivity index (χ4n) is 4.60. The van der Waals surface area contributed by atoms with E-state index in [1.54, 1.807) is 12.1 Å². The predicted molar refractivity (Wildman–Crippen MR) is 136 cm³/mol. The molecule has 0 aliphatic carbocycles. The second-order valence-corrected chi connectivity index (χ2v) is 9.12. The highest BCUT2D eigenvalue weighted by molar-refractivity contribution is 6.07. The van der Waals surface area contributed by atoms with Gasteiger partial charge in [-0.15, -0.1) is 0 Å². The Labute approximate surface area is 215 Å². The average Bonchev–Trinajstić information content (AvgIpc) is 2.87. The van der Waals surface area contributed by atoms with Gasteiger partial charge in [0.15, 0.2) is 5.78 Å². The number of halogens is 3. The first kappa shape index (κ1) is 28.6. The standard InChI is InChI=1S/C28H33F3N2O4/c1-20-5-2-3-11-33(20)24-10-9-21-17-23(8-7-22(21)18-24)27(28(29,30)31)25(19-32)26(35)6-4-13-36-15-16-37-14-12-34/h7-10,17-18,20,34H,2-6,11-16H2,1H3/b27-25-. The van der Waals surface area contributed by atoms with Gasteiger partial charge in [-0.25, -0.2) is 0 Å². The number of anilines is 1. The average molecular weight is 519 g/mol. The van der Waals surface area contributed by atoms with Crippen molar-refractivity contribution in [1.29, 1.82) is 5.26 Å². The number of nitrogens with zero attached hydrogens (tertiary/aromatic N) is 2. The van der Waals surface area contributed by atoms with Crippen LogP contribution in [0.4, 0.5) is 18.9 Å². The van der Waals surface area contributed by atoms with Crippen molar-refractivity contribution in [1.82, 2.24) is 0 Å². The summed E-state index contributed by atoms with van der Waals surface area (Å²) in [5, 5.41) is 19.6. The molecule has 0 radical (unpaired) electrons. The van der Waals surface area contributed by atoms with Crippen LogP contribution in [0.5, 0.6) is 0 Å². The number of aliphatic hydroxyl groups excluding tert-OH is 1. The maximum Gasteiger partial charge on any atom is 0.418 e. The summed E-state index contributed by atoms with van der Waals surface area (Å²) in [5.41, 5.74) is -1.28. The molecule has 9 heteroatoms. The van der Waals surface area contributed by atoms with E-state index in [1.807, 2.05) is 12.1 Å². The number of Topliss-reactive ketones (excluding diaryl/α,β-unsaturated/α-hetero) is 1. The largest absolute Gasteiger partial charge is 0.418 e. The van der Waals surface area contributed by atoms with E-state index in [1.165, 1.54) is 24.6 Å². The molecular weight excluding hydrogens is 485 g/mol. The number of fused-ring (bicyclic) bond motifs is 1. The van der Waals surface area contributed by atoms with E-state index in [9.17, 15) is 23.2 Å². The number of allylic oxidation sites excluding steroid dienone is 2. The molecule has 37 heavy (non-hydrogen) atoms. The Kier molecular flexibility index (Phi) is 10.5. The summed E-state index contributed by atoms with van der Waals surface area (Å²) in [6.45, 7) is 3.84. The van der Waals surface area contributed by atoms with Crippen LogP contribution in [0.15, 0.2) is 42.0 Å². The smallest absolute Gasteiger partial charge is 0.394 e. The van der Waals surface area contributed by atoms with Crippen LogP contribution >= 0.6 is 0 Å². The molecule has 1 aliphatic rings. The van der Waals surface area contributed by atoms with Gasteiger partial charge in [0, 0.05) is 31.3 Å². The topological polar surface area (TPSA) is 82.8 Å². The molecule has 1 N–H and O–H groups in total. The molecule has 1 aliphatic heterocycles. The lowest BCUT2D eigenvalue weighted by Gasteiger charge is -2.35. The number of alkyl halides is 3. The van der Waals surface area contributed by atoms with E-state index in [-0.39, 0.29) is 51.4 Å². The molecule has 6 nitrogen and oxygen atoms in total. The zero-order valence-electron chi connectivity index (χ0n) is 21.0. The van der Waals surface area contributed by atoms with Crippen LogP contribution in [0.2, 0.25) is 0 Å². The van der Waals surface area contributed by atoms with Crippen LogP contribution in [0.3, 0.4) is 0 Å². The van der Waals surface area contributed by atoms with E-state index in [4.69, 9.17) is 14.6 Å². The van der Waals surface area contributed by atoms with Crippen molar-refractivity contribution in [2.45, 2.75) is 51.2 Å². The number of benzene rings is 2. The first-order chi connectivity index (χ1) is 17.8. The number of aliphatic hydroxyl groups is 1. The van der Waals surface area contributed by atoms with Gasteiger partial charge in [0.25, 0.3) is 0 Å². The van der Waals surface area contributed by atoms with Crippen LogP contribution in [-0.2, 0) is 14.3 Å². The number of rotatable bonds is 12. The number of piperidine rings is 1. The van der Waals surface area contributed by atoms with Crippen LogP contribution in [0, 0.1) is 11.3 Å². The van der Waals surface area contributed by atoms with Crippen molar-refractivity contribution in [3.63, 3.8) is 0 Å². The van der Waals surface area contributed by atoms with E-state index in [0.717, 1.165) is 30.5 Å². The molecule has 2 aromatic rings. The number of ether oxygens (including phenoxy) is 2. The molecular formula is C28H33F3N2O4. The number of ketones is 1. The molecule has 1 saturated heterocycles. The summed E-state index contributed by atoms with van der Waals surface area (Å²) in [4.78, 5) is 14.9. The number of carbonyl (C=O) groups excluding carboxylic acids is 1. The van der Waals surface area contributed by atoms with Gasteiger partial charge in [-0.1, -0.05) is 18.2 Å². The Balaban J connectivity index is 1.78. The van der Waals surface area contributed by atoms with Crippen molar-refractivity contribution in [2.24, 2.45) is 0 Å². The van der Waals surface area contributed by atoms with E-state index in [0.29, 0.717) is 11.4 Å². The lowest BCUT2D eigenvalue weighted by atomic mass is 9.93. The summed E-state index contributed by atoms with van der Waals surface area (Å²) in [6.07, 6.45) is -1.55. The Morgan fingerprint density at radius 2 is 1.78 bits per heavy atom. The third-order valence-corrected chi connectivity index (χ3v) is 6.47. The van der Waals surface area contributed by atoms with Crippen LogP contribution < -0.4 is 4.90 Å². The SMILES string of the molecule is CC1CCCCN1c1ccc2cc(/C(=C(\C#N)C(=O)CCCOCCOCCO)C(F)(F)F)ccc2c1. The zero-order valence-corrected chi connectivity index (χ0v) is 21.0. The summed E-state index contributed by atoms with van der Waals surface area (Å²) < 4.78 is 52.7. The normalized spacial score (nSPS) is 17.0. The minimum Gasteiger partial charge on any atom is -0.394 e. The molecule has 1 unspecified atom stereocenters. The molecule has 3 rings (SSSR count). The van der Waals surface area contributed by atoms with Crippen LogP contribution in [0.25, 0.3) is 16.3 Å². The number of hydrogen-bond donors (Lipinski definition) is 1. The van der Waals surface area contributed by atoms with Crippen LogP contribution in [0.1, 0.15) is 44.6 Å². The Morgan fingerprint density at radius 3 is 2.46 bits per heavy atom.